The van der Waals surface area contributed by atoms with Crippen LogP contribution in [0.5, 0.6) is 0 Å². The number of rotatable bonds is 9. The third-order valence-corrected chi connectivity index (χ3v) is 2.37. The Bertz CT molecular complexity index is 231. The monoisotopic (exact) mass is 245 g/mol. The summed E-state index contributed by atoms with van der Waals surface area (Å²) in [5.74, 6) is -0.197. The Hall–Kier alpha value is -1.10. The van der Waals surface area contributed by atoms with Crippen molar-refractivity contribution < 1.29 is 19.4 Å². The van der Waals surface area contributed by atoms with Crippen LogP contribution in [0.2, 0.25) is 0 Å². The fourth-order valence-corrected chi connectivity index (χ4v) is 1.31. The molecule has 0 aliphatic rings. The van der Waals surface area contributed by atoms with Gasteiger partial charge in [0.25, 0.3) is 0 Å². The number of amides is 1. The lowest BCUT2D eigenvalue weighted by Crippen LogP contribution is -2.25. The van der Waals surface area contributed by atoms with Gasteiger partial charge in [-0.2, -0.15) is 0 Å². The Kier molecular flexibility index (Phi) is 9.43. The Morgan fingerprint density at radius 2 is 2.06 bits per heavy atom. The van der Waals surface area contributed by atoms with Crippen molar-refractivity contribution in [3.8, 4) is 0 Å². The summed E-state index contributed by atoms with van der Waals surface area (Å²) in [6, 6.07) is 0. The van der Waals surface area contributed by atoms with Gasteiger partial charge < -0.3 is 15.2 Å². The number of hydrogen-bond donors (Lipinski definition) is 2. The standard InChI is InChI=1S/C12H23NO4/c1-3-17-12(16)7-6-11(15)13-8-4-5-10(2)9-14/h10,14H,3-9H2,1-2H3,(H,13,15). The van der Waals surface area contributed by atoms with E-state index in [0.29, 0.717) is 13.2 Å². The largest absolute Gasteiger partial charge is 0.466 e. The number of esters is 1. The van der Waals surface area contributed by atoms with Crippen molar-refractivity contribution in [2.45, 2.75) is 39.5 Å². The first-order valence-corrected chi connectivity index (χ1v) is 6.13. The second kappa shape index (κ2) is 10.1. The Morgan fingerprint density at radius 1 is 1.35 bits per heavy atom. The van der Waals surface area contributed by atoms with Crippen molar-refractivity contribution >= 4 is 11.9 Å². The quantitative estimate of drug-likeness (QED) is 0.466. The van der Waals surface area contributed by atoms with E-state index >= 15 is 0 Å². The van der Waals surface area contributed by atoms with Gasteiger partial charge >= 0.3 is 5.97 Å². The summed E-state index contributed by atoms with van der Waals surface area (Å²) in [4.78, 5) is 22.3. The Labute approximate surface area is 103 Å². The van der Waals surface area contributed by atoms with Crippen molar-refractivity contribution in [3.63, 3.8) is 0 Å². The van der Waals surface area contributed by atoms with Gasteiger partial charge in [0.2, 0.25) is 5.91 Å². The first-order valence-electron chi connectivity index (χ1n) is 6.13. The minimum absolute atomic E-state index is 0.130. The highest BCUT2D eigenvalue weighted by Gasteiger charge is 2.07. The number of nitrogens with one attached hydrogen (secondary N) is 1. The summed E-state index contributed by atoms with van der Waals surface area (Å²) < 4.78 is 4.72. The maximum atomic E-state index is 11.3. The van der Waals surface area contributed by atoms with Gasteiger partial charge in [-0.3, -0.25) is 9.59 Å². The number of hydrogen-bond acceptors (Lipinski definition) is 4. The summed E-state index contributed by atoms with van der Waals surface area (Å²) in [6.07, 6.45) is 2.03. The smallest absolute Gasteiger partial charge is 0.306 e. The highest BCUT2D eigenvalue weighted by atomic mass is 16.5. The maximum absolute atomic E-state index is 11.3. The molecule has 0 radical (unpaired) electrons. The fourth-order valence-electron chi connectivity index (χ4n) is 1.31. The summed E-state index contributed by atoms with van der Waals surface area (Å²) >= 11 is 0. The van der Waals surface area contributed by atoms with Crippen LogP contribution in [0.25, 0.3) is 0 Å². The van der Waals surface area contributed by atoms with Gasteiger partial charge in [0.1, 0.15) is 0 Å². The van der Waals surface area contributed by atoms with Gasteiger partial charge in [0.15, 0.2) is 0 Å². The summed E-state index contributed by atoms with van der Waals surface area (Å²) in [7, 11) is 0. The molecule has 0 bridgehead atoms. The van der Waals surface area contributed by atoms with Crippen LogP contribution < -0.4 is 5.32 Å². The average molecular weight is 245 g/mol. The molecule has 0 aliphatic heterocycles. The third-order valence-electron chi connectivity index (χ3n) is 2.37. The summed E-state index contributed by atoms with van der Waals surface area (Å²) in [6.45, 7) is 4.81. The molecule has 0 rings (SSSR count). The van der Waals surface area contributed by atoms with Gasteiger partial charge in [-0.25, -0.2) is 0 Å². The van der Waals surface area contributed by atoms with Crippen LogP contribution in [0.1, 0.15) is 39.5 Å². The van der Waals surface area contributed by atoms with Gasteiger partial charge in [-0.05, 0) is 25.7 Å². The number of ether oxygens (including phenoxy) is 1. The normalized spacial score (nSPS) is 11.9. The molecule has 0 spiro atoms. The second-order valence-corrected chi connectivity index (χ2v) is 4.08. The summed E-state index contributed by atoms with van der Waals surface area (Å²) in [5, 5.41) is 11.5. The first-order chi connectivity index (χ1) is 8.10. The van der Waals surface area contributed by atoms with E-state index < -0.39 is 0 Å². The molecule has 100 valence electrons. The molecule has 0 saturated carbocycles. The molecule has 1 unspecified atom stereocenters. The van der Waals surface area contributed by atoms with E-state index in [1.807, 2.05) is 6.92 Å². The van der Waals surface area contributed by atoms with Crippen LogP contribution in [-0.4, -0.2) is 36.7 Å². The molecule has 0 aliphatic carbocycles. The van der Waals surface area contributed by atoms with Crippen molar-refractivity contribution in [1.82, 2.24) is 5.32 Å². The molecule has 5 nitrogen and oxygen atoms in total. The van der Waals surface area contributed by atoms with Crippen LogP contribution >= 0.6 is 0 Å². The molecular formula is C12H23NO4. The molecule has 1 amide bonds. The molecule has 5 heteroatoms. The minimum Gasteiger partial charge on any atom is -0.466 e. The lowest BCUT2D eigenvalue weighted by molar-refractivity contribution is -0.144. The highest BCUT2D eigenvalue weighted by molar-refractivity contribution is 5.81. The zero-order chi connectivity index (χ0) is 13.1. The van der Waals surface area contributed by atoms with Crippen molar-refractivity contribution in [3.05, 3.63) is 0 Å². The SMILES string of the molecule is CCOC(=O)CCC(=O)NCCCC(C)CO. The molecule has 2 N–H and O–H groups in total. The Morgan fingerprint density at radius 3 is 2.65 bits per heavy atom. The summed E-state index contributed by atoms with van der Waals surface area (Å²) in [5.41, 5.74) is 0. The van der Waals surface area contributed by atoms with E-state index in [4.69, 9.17) is 9.84 Å². The molecule has 0 aromatic heterocycles. The zero-order valence-electron chi connectivity index (χ0n) is 10.7. The van der Waals surface area contributed by atoms with Gasteiger partial charge in [0, 0.05) is 19.6 Å². The van der Waals surface area contributed by atoms with E-state index in [9.17, 15) is 9.59 Å². The second-order valence-electron chi connectivity index (χ2n) is 4.08. The maximum Gasteiger partial charge on any atom is 0.306 e. The predicted molar refractivity (Wildman–Crippen MR) is 64.4 cm³/mol. The third kappa shape index (κ3) is 9.81. The molecule has 0 aromatic rings. The first kappa shape index (κ1) is 15.9. The number of aliphatic hydroxyl groups is 1. The van der Waals surface area contributed by atoms with Crippen LogP contribution in [0.4, 0.5) is 0 Å². The fraction of sp³-hybridized carbons (Fsp3) is 0.833. The van der Waals surface area contributed by atoms with E-state index in [2.05, 4.69) is 5.32 Å². The molecule has 0 saturated heterocycles. The zero-order valence-corrected chi connectivity index (χ0v) is 10.7. The highest BCUT2D eigenvalue weighted by Crippen LogP contribution is 2.02. The lowest BCUT2D eigenvalue weighted by atomic mass is 10.1. The average Bonchev–Trinajstić information content (AvgIpc) is 2.32. The van der Waals surface area contributed by atoms with Crippen LogP contribution in [0.3, 0.4) is 0 Å². The van der Waals surface area contributed by atoms with Gasteiger partial charge in [-0.1, -0.05) is 6.92 Å². The minimum atomic E-state index is -0.337. The van der Waals surface area contributed by atoms with Gasteiger partial charge in [0.05, 0.1) is 13.0 Å². The topological polar surface area (TPSA) is 75.6 Å². The number of carbonyl (C=O) groups excluding carboxylic acids is 2. The Balaban J connectivity index is 3.44. The van der Waals surface area contributed by atoms with Crippen LogP contribution in [-0.2, 0) is 14.3 Å². The molecule has 0 aromatic carbocycles. The lowest BCUT2D eigenvalue weighted by Gasteiger charge is -2.08. The number of aliphatic hydroxyl groups excluding tert-OH is 1. The predicted octanol–water partition coefficient (Wildman–Crippen LogP) is 0.854. The van der Waals surface area contributed by atoms with E-state index in [1.54, 1.807) is 6.92 Å². The van der Waals surface area contributed by atoms with E-state index in [0.717, 1.165) is 12.8 Å². The molecular weight excluding hydrogens is 222 g/mol. The van der Waals surface area contributed by atoms with Crippen LogP contribution in [0.15, 0.2) is 0 Å². The molecule has 0 fully saturated rings. The molecule has 17 heavy (non-hydrogen) atoms. The molecule has 0 heterocycles. The van der Waals surface area contributed by atoms with E-state index in [1.165, 1.54) is 0 Å². The van der Waals surface area contributed by atoms with Crippen molar-refractivity contribution in [1.29, 1.82) is 0 Å². The number of carbonyl (C=O) groups is 2. The van der Waals surface area contributed by atoms with Crippen molar-refractivity contribution in [2.24, 2.45) is 5.92 Å². The van der Waals surface area contributed by atoms with Crippen molar-refractivity contribution in [2.75, 3.05) is 19.8 Å². The van der Waals surface area contributed by atoms with Gasteiger partial charge in [-0.15, -0.1) is 0 Å². The van der Waals surface area contributed by atoms with Crippen LogP contribution in [0, 0.1) is 5.92 Å². The van der Waals surface area contributed by atoms with E-state index in [-0.39, 0.29) is 37.2 Å². The molecule has 1 atom stereocenters.